The average molecular weight is 543 g/mol. The Balaban J connectivity index is 0.000000535. The van der Waals surface area contributed by atoms with Crippen LogP contribution in [0.4, 0.5) is 21.5 Å². The zero-order valence-corrected chi connectivity index (χ0v) is 19.0. The number of benzene rings is 2. The Morgan fingerprint density at radius 3 is 2.04 bits per heavy atom. The van der Waals surface area contributed by atoms with Crippen molar-refractivity contribution in [2.75, 3.05) is 19.0 Å². The van der Waals surface area contributed by atoms with Gasteiger partial charge in [-0.15, -0.1) is 0 Å². The van der Waals surface area contributed by atoms with Crippen molar-refractivity contribution in [2.45, 2.75) is 13.0 Å². The van der Waals surface area contributed by atoms with Gasteiger partial charge in [0.15, 0.2) is 0 Å². The molecule has 0 aliphatic heterocycles. The molecular formula is C16H18Br2FN3O5S. The highest BCUT2D eigenvalue weighted by Gasteiger charge is 2.15. The third kappa shape index (κ3) is 8.50. The van der Waals surface area contributed by atoms with Crippen LogP contribution in [0.5, 0.6) is 0 Å². The van der Waals surface area contributed by atoms with Crippen molar-refractivity contribution in [2.24, 2.45) is 0 Å². The molecule has 0 bridgehead atoms. The Morgan fingerprint density at radius 1 is 1.07 bits per heavy atom. The van der Waals surface area contributed by atoms with Crippen molar-refractivity contribution < 1.29 is 19.0 Å². The SMILES string of the molecule is COC[C@H](C)Nc1cc(Br)ccc1[N+](=O)[O-].O=[N+]([O-])c1ccc(Br)cc1F.S. The Hall–Kier alpha value is -1.76. The van der Waals surface area contributed by atoms with Crippen LogP contribution >= 0.6 is 45.4 Å². The number of halogens is 3. The zero-order chi connectivity index (χ0) is 20.6. The number of ether oxygens (including phenoxy) is 1. The van der Waals surface area contributed by atoms with Gasteiger partial charge < -0.3 is 10.1 Å². The molecule has 154 valence electrons. The second-order valence-electron chi connectivity index (χ2n) is 5.27. The van der Waals surface area contributed by atoms with E-state index >= 15 is 0 Å². The maximum Gasteiger partial charge on any atom is 0.304 e. The molecule has 0 aliphatic carbocycles. The fourth-order valence-electron chi connectivity index (χ4n) is 1.97. The number of rotatable bonds is 6. The predicted octanol–water partition coefficient (Wildman–Crippen LogP) is 5.41. The highest BCUT2D eigenvalue weighted by molar-refractivity contribution is 9.10. The lowest BCUT2D eigenvalue weighted by Gasteiger charge is -2.14. The van der Waals surface area contributed by atoms with Gasteiger partial charge in [-0.05, 0) is 31.2 Å². The van der Waals surface area contributed by atoms with E-state index in [2.05, 4.69) is 37.2 Å². The number of anilines is 1. The summed E-state index contributed by atoms with van der Waals surface area (Å²) in [6.45, 7) is 2.39. The minimum absolute atomic E-state index is 0. The van der Waals surface area contributed by atoms with Crippen LogP contribution < -0.4 is 5.32 Å². The lowest BCUT2D eigenvalue weighted by molar-refractivity contribution is -0.387. The summed E-state index contributed by atoms with van der Waals surface area (Å²) in [5.41, 5.74) is 0.0447. The molecule has 1 N–H and O–H groups in total. The van der Waals surface area contributed by atoms with E-state index in [9.17, 15) is 24.6 Å². The molecule has 0 heterocycles. The van der Waals surface area contributed by atoms with Gasteiger partial charge in [0.2, 0.25) is 5.82 Å². The summed E-state index contributed by atoms with van der Waals surface area (Å²) in [7, 11) is 1.59. The van der Waals surface area contributed by atoms with Gasteiger partial charge in [0, 0.05) is 34.2 Å². The van der Waals surface area contributed by atoms with E-state index in [-0.39, 0.29) is 25.2 Å². The molecule has 0 aliphatic rings. The summed E-state index contributed by atoms with van der Waals surface area (Å²) in [6, 6.07) is 8.39. The third-order valence-corrected chi connectivity index (χ3v) is 4.07. The van der Waals surface area contributed by atoms with Crippen molar-refractivity contribution >= 4 is 62.4 Å². The normalized spacial score (nSPS) is 10.8. The lowest BCUT2D eigenvalue weighted by Crippen LogP contribution is -2.21. The zero-order valence-electron chi connectivity index (χ0n) is 14.8. The molecule has 8 nitrogen and oxygen atoms in total. The number of hydrogen-bond donors (Lipinski definition) is 1. The van der Waals surface area contributed by atoms with Gasteiger partial charge >= 0.3 is 5.69 Å². The molecule has 0 saturated heterocycles. The third-order valence-electron chi connectivity index (χ3n) is 3.08. The molecular weight excluding hydrogens is 525 g/mol. The molecule has 12 heteroatoms. The molecule has 28 heavy (non-hydrogen) atoms. The molecule has 2 rings (SSSR count). The first-order valence-electron chi connectivity index (χ1n) is 7.44. The van der Waals surface area contributed by atoms with Crippen LogP contribution in [0.15, 0.2) is 45.3 Å². The van der Waals surface area contributed by atoms with Crippen LogP contribution in [0, 0.1) is 26.0 Å². The molecule has 2 aromatic rings. The number of nitro benzene ring substituents is 2. The fourth-order valence-corrected chi connectivity index (χ4v) is 2.66. The molecule has 0 radical (unpaired) electrons. The van der Waals surface area contributed by atoms with E-state index < -0.39 is 21.4 Å². The maximum atomic E-state index is 12.6. The van der Waals surface area contributed by atoms with Crippen molar-refractivity contribution in [3.05, 3.63) is 71.4 Å². The Labute approximate surface area is 184 Å². The molecule has 0 aromatic heterocycles. The van der Waals surface area contributed by atoms with Gasteiger partial charge in [0.1, 0.15) is 5.69 Å². The van der Waals surface area contributed by atoms with Crippen molar-refractivity contribution in [1.82, 2.24) is 0 Å². The molecule has 0 fully saturated rings. The first-order chi connectivity index (χ1) is 12.6. The monoisotopic (exact) mass is 541 g/mol. The van der Waals surface area contributed by atoms with Crippen LogP contribution in [-0.4, -0.2) is 29.6 Å². The highest BCUT2D eigenvalue weighted by Crippen LogP contribution is 2.28. The summed E-state index contributed by atoms with van der Waals surface area (Å²) in [6.07, 6.45) is 0. The first kappa shape index (κ1) is 26.2. The fraction of sp³-hybridized carbons (Fsp3) is 0.250. The van der Waals surface area contributed by atoms with E-state index in [0.717, 1.165) is 16.6 Å². The Bertz CT molecular complexity index is 829. The topological polar surface area (TPSA) is 108 Å². The number of nitrogens with zero attached hydrogens (tertiary/aromatic N) is 2. The Morgan fingerprint density at radius 2 is 1.57 bits per heavy atom. The van der Waals surface area contributed by atoms with E-state index in [1.165, 1.54) is 12.1 Å². The molecule has 0 spiro atoms. The van der Waals surface area contributed by atoms with E-state index in [1.54, 1.807) is 19.2 Å². The molecule has 1 atom stereocenters. The second-order valence-corrected chi connectivity index (χ2v) is 7.10. The summed E-state index contributed by atoms with van der Waals surface area (Å²) >= 11 is 6.26. The van der Waals surface area contributed by atoms with Gasteiger partial charge in [-0.1, -0.05) is 31.9 Å². The molecule has 0 amide bonds. The van der Waals surface area contributed by atoms with Gasteiger partial charge in [0.25, 0.3) is 5.69 Å². The van der Waals surface area contributed by atoms with E-state index in [0.29, 0.717) is 16.8 Å². The van der Waals surface area contributed by atoms with Crippen LogP contribution in [0.3, 0.4) is 0 Å². The van der Waals surface area contributed by atoms with Crippen LogP contribution in [0.2, 0.25) is 0 Å². The molecule has 2 aromatic carbocycles. The minimum atomic E-state index is -0.829. The van der Waals surface area contributed by atoms with Crippen molar-refractivity contribution in [3.8, 4) is 0 Å². The molecule has 0 saturated carbocycles. The van der Waals surface area contributed by atoms with Crippen LogP contribution in [-0.2, 0) is 4.74 Å². The first-order valence-corrected chi connectivity index (χ1v) is 9.03. The van der Waals surface area contributed by atoms with Gasteiger partial charge in [-0.2, -0.15) is 17.9 Å². The number of hydrogen-bond acceptors (Lipinski definition) is 6. The summed E-state index contributed by atoms with van der Waals surface area (Å²) in [5, 5.41) is 23.9. The summed E-state index contributed by atoms with van der Waals surface area (Å²) in [4.78, 5) is 19.7. The largest absolute Gasteiger partial charge is 0.383 e. The number of nitrogens with one attached hydrogen (secondary N) is 1. The standard InChI is InChI=1S/C10H13BrN2O3.C6H3BrFNO2.H2S/c1-7(6-16-2)12-9-5-8(11)3-4-10(9)13(14)15;7-4-1-2-6(9(10)11)5(8)3-4;/h3-5,7,12H,6H2,1-2H3;1-3H;1H2/t7-;;/m0../s1. The van der Waals surface area contributed by atoms with Crippen LogP contribution in [0.1, 0.15) is 6.92 Å². The smallest absolute Gasteiger partial charge is 0.304 e. The maximum absolute atomic E-state index is 12.6. The van der Waals surface area contributed by atoms with Crippen molar-refractivity contribution in [1.29, 1.82) is 0 Å². The van der Waals surface area contributed by atoms with Gasteiger partial charge in [-0.3, -0.25) is 20.2 Å². The quantitative estimate of drug-likeness (QED) is 0.386. The second kappa shape index (κ2) is 12.6. The lowest BCUT2D eigenvalue weighted by atomic mass is 10.2. The molecule has 0 unspecified atom stereocenters. The van der Waals surface area contributed by atoms with Gasteiger partial charge in [0.05, 0.1) is 16.5 Å². The average Bonchev–Trinajstić information content (AvgIpc) is 2.55. The Kier molecular flexibility index (Phi) is 11.9. The summed E-state index contributed by atoms with van der Waals surface area (Å²) < 4.78 is 18.9. The van der Waals surface area contributed by atoms with Gasteiger partial charge in [-0.25, -0.2) is 0 Å². The predicted molar refractivity (Wildman–Crippen MR) is 117 cm³/mol. The van der Waals surface area contributed by atoms with Crippen LogP contribution in [0.25, 0.3) is 0 Å². The van der Waals surface area contributed by atoms with Crippen molar-refractivity contribution in [3.63, 3.8) is 0 Å². The summed E-state index contributed by atoms with van der Waals surface area (Å²) in [5.74, 6) is -0.829. The highest BCUT2D eigenvalue weighted by atomic mass is 79.9. The minimum Gasteiger partial charge on any atom is -0.383 e. The van der Waals surface area contributed by atoms with E-state index in [1.807, 2.05) is 6.92 Å². The number of nitro groups is 2. The number of methoxy groups -OCH3 is 1. The van der Waals surface area contributed by atoms with E-state index in [4.69, 9.17) is 4.74 Å².